The fraction of sp³-hybridized carbons (Fsp3) is 0.429. The maximum atomic E-state index is 6.04. The lowest BCUT2D eigenvalue weighted by Gasteiger charge is -2.04. The topological polar surface area (TPSA) is 74.2 Å². The van der Waals surface area contributed by atoms with Gasteiger partial charge in [0.15, 0.2) is 5.82 Å². The van der Waals surface area contributed by atoms with Crippen LogP contribution in [0, 0.1) is 6.92 Å². The van der Waals surface area contributed by atoms with Crippen molar-refractivity contribution in [1.29, 1.82) is 0 Å². The van der Waals surface area contributed by atoms with Gasteiger partial charge >= 0.3 is 0 Å². The molecule has 1 saturated heterocycles. The van der Waals surface area contributed by atoms with E-state index in [4.69, 9.17) is 15.0 Å². The van der Waals surface area contributed by atoms with Gasteiger partial charge in [0.2, 0.25) is 0 Å². The van der Waals surface area contributed by atoms with Crippen molar-refractivity contribution < 1.29 is 9.26 Å². The average molecular weight is 259 g/mol. The molecule has 1 aliphatic heterocycles. The number of rotatable bonds is 3. The van der Waals surface area contributed by atoms with Gasteiger partial charge in [-0.15, -0.1) is 0 Å². The molecule has 1 aromatic heterocycles. The van der Waals surface area contributed by atoms with Crippen LogP contribution in [0.1, 0.15) is 24.2 Å². The Morgan fingerprint density at radius 1 is 1.42 bits per heavy atom. The number of aromatic nitrogens is 2. The first-order chi connectivity index (χ1) is 9.24. The van der Waals surface area contributed by atoms with E-state index >= 15 is 0 Å². The molecule has 2 N–H and O–H groups in total. The zero-order valence-electron chi connectivity index (χ0n) is 10.9. The predicted octanol–water partition coefficient (Wildman–Crippen LogP) is 2.35. The molecule has 19 heavy (non-hydrogen) atoms. The Balaban J connectivity index is 1.82. The lowest BCUT2D eigenvalue weighted by atomic mass is 10.1. The van der Waals surface area contributed by atoms with Gasteiger partial charge in [0, 0.05) is 18.7 Å². The zero-order chi connectivity index (χ0) is 13.2. The van der Waals surface area contributed by atoms with Crippen LogP contribution in [-0.4, -0.2) is 22.9 Å². The van der Waals surface area contributed by atoms with Gasteiger partial charge in [-0.05, 0) is 31.4 Å². The maximum Gasteiger partial charge on any atom is 0.260 e. The molecule has 0 radical (unpaired) electrons. The number of nitrogen functional groups attached to an aromatic ring is 1. The Kier molecular flexibility index (Phi) is 3.21. The van der Waals surface area contributed by atoms with E-state index in [9.17, 15) is 0 Å². The Labute approximate surface area is 111 Å². The van der Waals surface area contributed by atoms with Gasteiger partial charge in [0.25, 0.3) is 5.89 Å². The van der Waals surface area contributed by atoms with Crippen LogP contribution in [0.15, 0.2) is 22.7 Å². The maximum absolute atomic E-state index is 6.04. The van der Waals surface area contributed by atoms with Crippen LogP contribution in [0.5, 0.6) is 0 Å². The molecule has 0 spiro atoms. The van der Waals surface area contributed by atoms with Crippen LogP contribution < -0.4 is 5.73 Å². The largest absolute Gasteiger partial charge is 0.398 e. The van der Waals surface area contributed by atoms with Crippen molar-refractivity contribution in [3.05, 3.63) is 29.6 Å². The Bertz CT molecular complexity index is 574. The molecular formula is C14H17N3O2. The standard InChI is InChI=1S/C14H17N3O2/c1-9-4-2-6-11(13(9)15)14-16-12(17-19-14)8-10-5-3-7-18-10/h2,4,6,10H,3,5,7-8,15H2,1H3. The number of nitrogens with zero attached hydrogens (tertiary/aromatic N) is 2. The van der Waals surface area contributed by atoms with Crippen LogP contribution in [0.25, 0.3) is 11.5 Å². The molecule has 3 rings (SSSR count). The van der Waals surface area contributed by atoms with Gasteiger partial charge in [-0.3, -0.25) is 0 Å². The van der Waals surface area contributed by atoms with Crippen LogP contribution in [0.3, 0.4) is 0 Å². The van der Waals surface area contributed by atoms with Crippen molar-refractivity contribution in [2.24, 2.45) is 0 Å². The van der Waals surface area contributed by atoms with E-state index in [-0.39, 0.29) is 6.10 Å². The Morgan fingerprint density at radius 3 is 3.11 bits per heavy atom. The predicted molar refractivity (Wildman–Crippen MR) is 71.6 cm³/mol. The third-order valence-electron chi connectivity index (χ3n) is 3.46. The van der Waals surface area contributed by atoms with E-state index in [1.54, 1.807) is 0 Å². The molecule has 1 unspecified atom stereocenters. The van der Waals surface area contributed by atoms with E-state index in [2.05, 4.69) is 10.1 Å². The summed E-state index contributed by atoms with van der Waals surface area (Å²) in [5.41, 5.74) is 8.53. The van der Waals surface area contributed by atoms with E-state index in [1.165, 1.54) is 0 Å². The van der Waals surface area contributed by atoms with Gasteiger partial charge in [0.1, 0.15) is 0 Å². The Morgan fingerprint density at radius 2 is 2.32 bits per heavy atom. The minimum absolute atomic E-state index is 0.223. The fourth-order valence-electron chi connectivity index (χ4n) is 2.32. The molecule has 100 valence electrons. The van der Waals surface area contributed by atoms with Crippen LogP contribution in [0.4, 0.5) is 5.69 Å². The van der Waals surface area contributed by atoms with Gasteiger partial charge in [-0.25, -0.2) is 0 Å². The molecule has 0 aliphatic carbocycles. The summed E-state index contributed by atoms with van der Waals surface area (Å²) in [5.74, 6) is 1.16. The van der Waals surface area contributed by atoms with Crippen molar-refractivity contribution in [3.63, 3.8) is 0 Å². The lowest BCUT2D eigenvalue weighted by Crippen LogP contribution is -2.09. The van der Waals surface area contributed by atoms with Crippen molar-refractivity contribution in [2.45, 2.75) is 32.3 Å². The van der Waals surface area contributed by atoms with Crippen LogP contribution in [0.2, 0.25) is 0 Å². The van der Waals surface area contributed by atoms with E-state index in [1.807, 2.05) is 25.1 Å². The van der Waals surface area contributed by atoms with Crippen LogP contribution >= 0.6 is 0 Å². The minimum Gasteiger partial charge on any atom is -0.398 e. The highest BCUT2D eigenvalue weighted by molar-refractivity contribution is 5.72. The number of hydrogen-bond donors (Lipinski definition) is 1. The first-order valence-corrected chi connectivity index (χ1v) is 6.53. The van der Waals surface area contributed by atoms with Crippen molar-refractivity contribution in [3.8, 4) is 11.5 Å². The number of ether oxygens (including phenoxy) is 1. The summed E-state index contributed by atoms with van der Waals surface area (Å²) in [5, 5.41) is 4.01. The highest BCUT2D eigenvalue weighted by Gasteiger charge is 2.20. The summed E-state index contributed by atoms with van der Waals surface area (Å²) in [6, 6.07) is 5.79. The zero-order valence-corrected chi connectivity index (χ0v) is 10.9. The summed E-state index contributed by atoms with van der Waals surface area (Å²) < 4.78 is 10.9. The average Bonchev–Trinajstić information content (AvgIpc) is 3.05. The minimum atomic E-state index is 0.223. The third-order valence-corrected chi connectivity index (χ3v) is 3.46. The number of anilines is 1. The van der Waals surface area contributed by atoms with Gasteiger partial charge < -0.3 is 15.0 Å². The molecule has 1 atom stereocenters. The molecule has 1 aromatic carbocycles. The molecule has 2 heterocycles. The summed E-state index contributed by atoms with van der Waals surface area (Å²) in [7, 11) is 0. The molecule has 2 aromatic rings. The van der Waals surface area contributed by atoms with Gasteiger partial charge in [-0.1, -0.05) is 17.3 Å². The smallest absolute Gasteiger partial charge is 0.260 e. The van der Waals surface area contributed by atoms with E-state index in [0.29, 0.717) is 23.8 Å². The first kappa shape index (κ1) is 12.2. The normalized spacial score (nSPS) is 18.9. The lowest BCUT2D eigenvalue weighted by molar-refractivity contribution is 0.109. The molecule has 1 fully saturated rings. The third kappa shape index (κ3) is 2.46. The molecule has 0 bridgehead atoms. The number of aryl methyl sites for hydroxylation is 1. The summed E-state index contributed by atoms with van der Waals surface area (Å²) >= 11 is 0. The highest BCUT2D eigenvalue weighted by Crippen LogP contribution is 2.27. The number of nitrogens with two attached hydrogens (primary N) is 1. The molecular weight excluding hydrogens is 242 g/mol. The fourth-order valence-corrected chi connectivity index (χ4v) is 2.32. The number of benzene rings is 1. The van der Waals surface area contributed by atoms with Crippen molar-refractivity contribution >= 4 is 5.69 Å². The summed E-state index contributed by atoms with van der Waals surface area (Å²) in [6.07, 6.45) is 3.10. The second kappa shape index (κ2) is 5.01. The monoisotopic (exact) mass is 259 g/mol. The second-order valence-electron chi connectivity index (χ2n) is 4.89. The molecule has 5 heteroatoms. The molecule has 0 saturated carbocycles. The van der Waals surface area contributed by atoms with E-state index in [0.717, 1.165) is 30.6 Å². The molecule has 5 nitrogen and oxygen atoms in total. The van der Waals surface area contributed by atoms with Crippen LogP contribution in [-0.2, 0) is 11.2 Å². The van der Waals surface area contributed by atoms with Gasteiger partial charge in [-0.2, -0.15) is 4.98 Å². The molecule has 1 aliphatic rings. The van der Waals surface area contributed by atoms with Crippen molar-refractivity contribution in [1.82, 2.24) is 10.1 Å². The first-order valence-electron chi connectivity index (χ1n) is 6.53. The SMILES string of the molecule is Cc1cccc(-c2nc(CC3CCCO3)no2)c1N. The second-order valence-corrected chi connectivity index (χ2v) is 4.89. The highest BCUT2D eigenvalue weighted by atomic mass is 16.5. The summed E-state index contributed by atoms with van der Waals surface area (Å²) in [4.78, 5) is 4.41. The Hall–Kier alpha value is -1.88. The quantitative estimate of drug-likeness (QED) is 0.856. The van der Waals surface area contributed by atoms with Gasteiger partial charge in [0.05, 0.1) is 11.7 Å². The molecule has 0 amide bonds. The van der Waals surface area contributed by atoms with E-state index < -0.39 is 0 Å². The number of hydrogen-bond acceptors (Lipinski definition) is 5. The van der Waals surface area contributed by atoms with Crippen molar-refractivity contribution in [2.75, 3.05) is 12.3 Å². The summed E-state index contributed by atoms with van der Waals surface area (Å²) in [6.45, 7) is 2.79. The number of para-hydroxylation sites is 1.